The molecule has 0 heterocycles. The average molecular weight is 291 g/mol. The molecule has 0 aromatic heterocycles. The summed E-state index contributed by atoms with van der Waals surface area (Å²) in [5, 5.41) is 3.67. The first-order valence-electron chi connectivity index (χ1n) is 8.34. The van der Waals surface area contributed by atoms with Crippen LogP contribution in [0.3, 0.4) is 0 Å². The predicted molar refractivity (Wildman–Crippen MR) is 87.1 cm³/mol. The summed E-state index contributed by atoms with van der Waals surface area (Å²) >= 11 is 0. The van der Waals surface area contributed by atoms with Crippen LogP contribution in [0, 0.1) is 0 Å². The van der Waals surface area contributed by atoms with Crippen LogP contribution in [0.15, 0.2) is 18.2 Å². The fourth-order valence-corrected chi connectivity index (χ4v) is 2.85. The van der Waals surface area contributed by atoms with Crippen molar-refractivity contribution in [1.82, 2.24) is 5.32 Å². The van der Waals surface area contributed by atoms with Crippen LogP contribution in [0.25, 0.3) is 0 Å². The molecule has 0 atom stereocenters. The van der Waals surface area contributed by atoms with Gasteiger partial charge in [-0.3, -0.25) is 0 Å². The van der Waals surface area contributed by atoms with E-state index >= 15 is 0 Å². The molecule has 3 nitrogen and oxygen atoms in total. The normalized spacial score (nSPS) is 16.2. The van der Waals surface area contributed by atoms with Crippen molar-refractivity contribution >= 4 is 0 Å². The largest absolute Gasteiger partial charge is 0.490 e. The minimum atomic E-state index is 0.162. The summed E-state index contributed by atoms with van der Waals surface area (Å²) < 4.78 is 11.5. The number of benzene rings is 1. The van der Waals surface area contributed by atoms with Crippen molar-refractivity contribution in [3.8, 4) is 11.5 Å². The van der Waals surface area contributed by atoms with Gasteiger partial charge in [-0.15, -0.1) is 0 Å². The van der Waals surface area contributed by atoms with Crippen LogP contribution in [-0.4, -0.2) is 18.8 Å². The van der Waals surface area contributed by atoms with E-state index in [1.165, 1.54) is 37.7 Å². The molecule has 1 N–H and O–H groups in total. The average Bonchev–Trinajstić information content (AvgIpc) is 2.48. The van der Waals surface area contributed by atoms with Gasteiger partial charge in [0, 0.05) is 12.6 Å². The maximum atomic E-state index is 5.80. The number of hydrogen-bond donors (Lipinski definition) is 1. The van der Waals surface area contributed by atoms with Gasteiger partial charge >= 0.3 is 0 Å². The highest BCUT2D eigenvalue weighted by Crippen LogP contribution is 2.29. The van der Waals surface area contributed by atoms with Crippen molar-refractivity contribution in [3.05, 3.63) is 23.8 Å². The lowest BCUT2D eigenvalue weighted by Crippen LogP contribution is -2.30. The van der Waals surface area contributed by atoms with Crippen molar-refractivity contribution in [2.24, 2.45) is 0 Å². The minimum absolute atomic E-state index is 0.162. The van der Waals surface area contributed by atoms with Gasteiger partial charge in [0.15, 0.2) is 11.5 Å². The van der Waals surface area contributed by atoms with Crippen molar-refractivity contribution in [3.63, 3.8) is 0 Å². The molecule has 1 aromatic carbocycles. The van der Waals surface area contributed by atoms with Crippen LogP contribution < -0.4 is 14.8 Å². The molecule has 2 rings (SSSR count). The van der Waals surface area contributed by atoms with E-state index in [-0.39, 0.29) is 6.10 Å². The summed E-state index contributed by atoms with van der Waals surface area (Å²) in [6.45, 7) is 7.65. The van der Waals surface area contributed by atoms with E-state index in [1.807, 2.05) is 26.8 Å². The summed E-state index contributed by atoms with van der Waals surface area (Å²) in [4.78, 5) is 0. The fourth-order valence-electron chi connectivity index (χ4n) is 2.85. The lowest BCUT2D eigenvalue weighted by atomic mass is 9.95. The molecular formula is C18H29NO2. The lowest BCUT2D eigenvalue weighted by molar-refractivity contribution is 0.223. The molecule has 21 heavy (non-hydrogen) atoms. The highest BCUT2D eigenvalue weighted by atomic mass is 16.5. The first-order valence-corrected chi connectivity index (χ1v) is 8.34. The Kier molecular flexibility index (Phi) is 6.37. The molecule has 118 valence electrons. The monoisotopic (exact) mass is 291 g/mol. The van der Waals surface area contributed by atoms with Crippen LogP contribution in [0.4, 0.5) is 0 Å². The van der Waals surface area contributed by atoms with Gasteiger partial charge in [-0.25, -0.2) is 0 Å². The third-order valence-corrected chi connectivity index (χ3v) is 3.87. The molecule has 0 bridgehead atoms. The van der Waals surface area contributed by atoms with Gasteiger partial charge in [0.1, 0.15) is 0 Å². The number of nitrogens with one attached hydrogen (secondary N) is 1. The van der Waals surface area contributed by atoms with Crippen LogP contribution in [-0.2, 0) is 6.54 Å². The van der Waals surface area contributed by atoms with Crippen molar-refractivity contribution in [2.75, 3.05) is 6.61 Å². The van der Waals surface area contributed by atoms with Gasteiger partial charge in [-0.2, -0.15) is 0 Å². The molecule has 1 aliphatic carbocycles. The van der Waals surface area contributed by atoms with Gasteiger partial charge in [-0.05, 0) is 51.3 Å². The van der Waals surface area contributed by atoms with E-state index < -0.39 is 0 Å². The number of hydrogen-bond acceptors (Lipinski definition) is 3. The van der Waals surface area contributed by atoms with Gasteiger partial charge in [0.25, 0.3) is 0 Å². The number of rotatable bonds is 7. The predicted octanol–water partition coefficient (Wildman–Crippen LogP) is 4.29. The second-order valence-corrected chi connectivity index (χ2v) is 6.10. The second-order valence-electron chi connectivity index (χ2n) is 6.10. The zero-order chi connectivity index (χ0) is 15.1. The Balaban J connectivity index is 1.97. The summed E-state index contributed by atoms with van der Waals surface area (Å²) in [7, 11) is 0. The van der Waals surface area contributed by atoms with E-state index in [0.29, 0.717) is 12.6 Å². The number of ether oxygens (including phenoxy) is 2. The third-order valence-electron chi connectivity index (χ3n) is 3.87. The van der Waals surface area contributed by atoms with Crippen molar-refractivity contribution < 1.29 is 9.47 Å². The van der Waals surface area contributed by atoms with E-state index in [9.17, 15) is 0 Å². The maximum Gasteiger partial charge on any atom is 0.161 e. The zero-order valence-electron chi connectivity index (χ0n) is 13.7. The molecule has 0 unspecified atom stereocenters. The van der Waals surface area contributed by atoms with Crippen molar-refractivity contribution in [1.29, 1.82) is 0 Å². The van der Waals surface area contributed by atoms with Gasteiger partial charge in [0.2, 0.25) is 0 Å². The van der Waals surface area contributed by atoms with E-state index in [1.54, 1.807) is 0 Å². The molecule has 1 aromatic rings. The fraction of sp³-hybridized carbons (Fsp3) is 0.667. The molecule has 0 aliphatic heterocycles. The van der Waals surface area contributed by atoms with Gasteiger partial charge in [-0.1, -0.05) is 25.3 Å². The van der Waals surface area contributed by atoms with Gasteiger partial charge in [0.05, 0.1) is 12.7 Å². The summed E-state index contributed by atoms with van der Waals surface area (Å²) in [5.41, 5.74) is 1.26. The maximum absolute atomic E-state index is 5.80. The third kappa shape index (κ3) is 5.24. The Morgan fingerprint density at radius 2 is 1.90 bits per heavy atom. The summed E-state index contributed by atoms with van der Waals surface area (Å²) in [6, 6.07) is 6.96. The Hall–Kier alpha value is -1.22. The smallest absolute Gasteiger partial charge is 0.161 e. The first-order chi connectivity index (χ1) is 10.2. The molecule has 0 amide bonds. The summed E-state index contributed by atoms with van der Waals surface area (Å²) in [6.07, 6.45) is 6.91. The Morgan fingerprint density at radius 3 is 2.57 bits per heavy atom. The summed E-state index contributed by atoms with van der Waals surface area (Å²) in [5.74, 6) is 1.70. The Morgan fingerprint density at radius 1 is 1.14 bits per heavy atom. The van der Waals surface area contributed by atoms with E-state index in [4.69, 9.17) is 9.47 Å². The Labute approximate surface area is 129 Å². The SMILES string of the molecule is CCOc1cc(CNC2CCCCC2)ccc1OC(C)C. The highest BCUT2D eigenvalue weighted by molar-refractivity contribution is 5.43. The minimum Gasteiger partial charge on any atom is -0.490 e. The zero-order valence-corrected chi connectivity index (χ0v) is 13.7. The van der Waals surface area contributed by atoms with Gasteiger partial charge < -0.3 is 14.8 Å². The molecule has 0 spiro atoms. The standard InChI is InChI=1S/C18H29NO2/c1-4-20-18-12-15(10-11-17(18)21-14(2)3)13-19-16-8-6-5-7-9-16/h10-12,14,16,19H,4-9,13H2,1-3H3. The Bertz CT molecular complexity index is 425. The molecule has 0 radical (unpaired) electrons. The highest BCUT2D eigenvalue weighted by Gasteiger charge is 2.13. The van der Waals surface area contributed by atoms with Crippen LogP contribution >= 0.6 is 0 Å². The quantitative estimate of drug-likeness (QED) is 0.812. The lowest BCUT2D eigenvalue weighted by Gasteiger charge is -2.23. The molecule has 1 aliphatic rings. The van der Waals surface area contributed by atoms with E-state index in [2.05, 4.69) is 17.4 Å². The molecule has 3 heteroatoms. The molecule has 0 saturated heterocycles. The van der Waals surface area contributed by atoms with Crippen molar-refractivity contribution in [2.45, 2.75) is 71.6 Å². The topological polar surface area (TPSA) is 30.5 Å². The van der Waals surface area contributed by atoms with E-state index in [0.717, 1.165) is 18.0 Å². The molecular weight excluding hydrogens is 262 g/mol. The van der Waals surface area contributed by atoms with Crippen LogP contribution in [0.1, 0.15) is 58.4 Å². The molecule has 1 saturated carbocycles. The molecule has 1 fully saturated rings. The van der Waals surface area contributed by atoms with Crippen LogP contribution in [0.5, 0.6) is 11.5 Å². The van der Waals surface area contributed by atoms with Crippen LogP contribution in [0.2, 0.25) is 0 Å². The first kappa shape index (κ1) is 16.2. The second kappa shape index (κ2) is 8.28.